The van der Waals surface area contributed by atoms with E-state index in [9.17, 15) is 14.7 Å². The van der Waals surface area contributed by atoms with E-state index in [0.29, 0.717) is 0 Å². The summed E-state index contributed by atoms with van der Waals surface area (Å²) in [6.45, 7) is 1.18. The van der Waals surface area contributed by atoms with Gasteiger partial charge < -0.3 is 15.9 Å². The molecule has 0 aromatic heterocycles. The molecule has 5 nitrogen and oxygen atoms in total. The number of carboxylic acid groups (broad SMARTS) is 1. The van der Waals surface area contributed by atoms with Gasteiger partial charge >= 0.3 is 5.97 Å². The number of hydrogen-bond acceptors (Lipinski definition) is 4. The summed E-state index contributed by atoms with van der Waals surface area (Å²) >= 11 is 0. The van der Waals surface area contributed by atoms with Gasteiger partial charge in [-0.1, -0.05) is 30.3 Å². The predicted molar refractivity (Wildman–Crippen MR) is 57.0 cm³/mol. The second-order valence-corrected chi connectivity index (χ2v) is 3.55. The maximum absolute atomic E-state index is 11.9. The molecule has 5 heteroatoms. The van der Waals surface area contributed by atoms with E-state index < -0.39 is 23.4 Å². The number of aliphatic carboxylic acids is 1. The van der Waals surface area contributed by atoms with Gasteiger partial charge in [0, 0.05) is 5.56 Å². The summed E-state index contributed by atoms with van der Waals surface area (Å²) in [5, 5.41) is 18.3. The summed E-state index contributed by atoms with van der Waals surface area (Å²) in [4.78, 5) is 22.9. The lowest BCUT2D eigenvalue weighted by molar-refractivity contribution is -0.144. The molecule has 0 saturated heterocycles. The van der Waals surface area contributed by atoms with Crippen molar-refractivity contribution in [2.75, 3.05) is 0 Å². The lowest BCUT2D eigenvalue weighted by Gasteiger charge is -2.25. The fourth-order valence-corrected chi connectivity index (χ4v) is 1.29. The van der Waals surface area contributed by atoms with Gasteiger partial charge in [0.2, 0.25) is 5.54 Å². The van der Waals surface area contributed by atoms with Crippen LogP contribution in [0.5, 0.6) is 0 Å². The van der Waals surface area contributed by atoms with E-state index in [0.717, 1.165) is 0 Å². The molecule has 4 N–H and O–H groups in total. The average Bonchev–Trinajstić information content (AvgIpc) is 2.27. The Morgan fingerprint density at radius 3 is 2.19 bits per heavy atom. The molecule has 2 atom stereocenters. The summed E-state index contributed by atoms with van der Waals surface area (Å²) in [6.07, 6.45) is -1.47. The number of aliphatic hydroxyl groups is 1. The Kier molecular flexibility index (Phi) is 3.41. The molecule has 0 bridgehead atoms. The average molecular weight is 223 g/mol. The third-order valence-electron chi connectivity index (χ3n) is 2.42. The molecule has 1 rings (SSSR count). The molecule has 16 heavy (non-hydrogen) atoms. The largest absolute Gasteiger partial charge is 0.479 e. The van der Waals surface area contributed by atoms with Crippen molar-refractivity contribution in [1.29, 1.82) is 0 Å². The van der Waals surface area contributed by atoms with Crippen LogP contribution in [0.4, 0.5) is 0 Å². The first-order valence-corrected chi connectivity index (χ1v) is 4.71. The van der Waals surface area contributed by atoms with Gasteiger partial charge in [0.1, 0.15) is 0 Å². The van der Waals surface area contributed by atoms with Gasteiger partial charge in [0.05, 0.1) is 6.10 Å². The first-order valence-electron chi connectivity index (χ1n) is 4.71. The third-order valence-corrected chi connectivity index (χ3v) is 2.42. The Bertz CT molecular complexity index is 402. The van der Waals surface area contributed by atoms with Crippen molar-refractivity contribution < 1.29 is 19.8 Å². The van der Waals surface area contributed by atoms with E-state index in [1.165, 1.54) is 19.1 Å². The molecule has 0 saturated carbocycles. The first kappa shape index (κ1) is 12.4. The Balaban J connectivity index is 3.17. The molecule has 0 radical (unpaired) electrons. The van der Waals surface area contributed by atoms with Crippen LogP contribution >= 0.6 is 0 Å². The number of carbonyl (C=O) groups excluding carboxylic acids is 1. The summed E-state index contributed by atoms with van der Waals surface area (Å²) in [5.74, 6) is -2.35. The van der Waals surface area contributed by atoms with E-state index in [1.807, 2.05) is 0 Å². The molecule has 0 amide bonds. The zero-order chi connectivity index (χ0) is 12.3. The Labute approximate surface area is 92.5 Å². The van der Waals surface area contributed by atoms with Crippen LogP contribution in [0.1, 0.15) is 17.3 Å². The standard InChI is InChI=1S/C11H13NO4/c1-7(13)11(12,10(15)16)9(14)8-5-3-2-4-6-8/h2-7,13H,12H2,1H3,(H,15,16). The lowest BCUT2D eigenvalue weighted by Crippen LogP contribution is -2.62. The quantitative estimate of drug-likeness (QED) is 0.494. The summed E-state index contributed by atoms with van der Waals surface area (Å²) in [7, 11) is 0. The maximum atomic E-state index is 11.9. The molecule has 1 aromatic rings. The second kappa shape index (κ2) is 4.42. The first-order chi connectivity index (χ1) is 7.40. The van der Waals surface area contributed by atoms with Crippen molar-refractivity contribution in [2.24, 2.45) is 5.73 Å². The number of rotatable bonds is 4. The highest BCUT2D eigenvalue weighted by Crippen LogP contribution is 2.15. The highest BCUT2D eigenvalue weighted by atomic mass is 16.4. The molecule has 2 unspecified atom stereocenters. The number of aliphatic hydroxyl groups excluding tert-OH is 1. The summed E-state index contributed by atoms with van der Waals surface area (Å²) < 4.78 is 0. The smallest absolute Gasteiger partial charge is 0.334 e. The minimum absolute atomic E-state index is 0.160. The van der Waals surface area contributed by atoms with Crippen molar-refractivity contribution in [1.82, 2.24) is 0 Å². The Hall–Kier alpha value is -1.72. The molecule has 0 aliphatic carbocycles. The van der Waals surface area contributed by atoms with Crippen LogP contribution in [0.2, 0.25) is 0 Å². The van der Waals surface area contributed by atoms with Crippen LogP contribution < -0.4 is 5.73 Å². The molecule has 86 valence electrons. The van der Waals surface area contributed by atoms with Gasteiger partial charge in [-0.2, -0.15) is 0 Å². The fraction of sp³-hybridized carbons (Fsp3) is 0.273. The number of ketones is 1. The highest BCUT2D eigenvalue weighted by Gasteiger charge is 2.47. The summed E-state index contributed by atoms with van der Waals surface area (Å²) in [6, 6.07) is 7.79. The number of hydrogen-bond donors (Lipinski definition) is 3. The van der Waals surface area contributed by atoms with Gasteiger partial charge in [0.15, 0.2) is 5.78 Å². The number of carbonyl (C=O) groups is 2. The Morgan fingerprint density at radius 1 is 1.31 bits per heavy atom. The van der Waals surface area contributed by atoms with Crippen molar-refractivity contribution in [3.63, 3.8) is 0 Å². The summed E-state index contributed by atoms with van der Waals surface area (Å²) in [5.41, 5.74) is 3.32. The van der Waals surface area contributed by atoms with Crippen LogP contribution in [0.15, 0.2) is 30.3 Å². The molecular formula is C11H13NO4. The van der Waals surface area contributed by atoms with E-state index in [4.69, 9.17) is 10.8 Å². The predicted octanol–water partition coefficient (Wildman–Crippen LogP) is 0.0322. The second-order valence-electron chi connectivity index (χ2n) is 3.55. The Morgan fingerprint density at radius 2 is 1.81 bits per heavy atom. The van der Waals surface area contributed by atoms with Crippen LogP contribution in [0.3, 0.4) is 0 Å². The van der Waals surface area contributed by atoms with Crippen molar-refractivity contribution in [3.05, 3.63) is 35.9 Å². The van der Waals surface area contributed by atoms with Gasteiger partial charge in [-0.05, 0) is 6.92 Å². The van der Waals surface area contributed by atoms with E-state index in [1.54, 1.807) is 18.2 Å². The fourth-order valence-electron chi connectivity index (χ4n) is 1.29. The molecule has 0 spiro atoms. The van der Waals surface area contributed by atoms with Crippen LogP contribution in [-0.4, -0.2) is 33.6 Å². The minimum Gasteiger partial charge on any atom is -0.479 e. The number of Topliss-reactive ketones (excluding diaryl/α,β-unsaturated/α-hetero) is 1. The maximum Gasteiger partial charge on any atom is 0.334 e. The van der Waals surface area contributed by atoms with Gasteiger partial charge in [-0.3, -0.25) is 4.79 Å². The van der Waals surface area contributed by atoms with Gasteiger partial charge in [-0.15, -0.1) is 0 Å². The monoisotopic (exact) mass is 223 g/mol. The molecule has 1 aromatic carbocycles. The topological polar surface area (TPSA) is 101 Å². The highest BCUT2D eigenvalue weighted by molar-refractivity contribution is 6.16. The number of carboxylic acids is 1. The van der Waals surface area contributed by atoms with E-state index in [2.05, 4.69) is 0 Å². The van der Waals surface area contributed by atoms with Gasteiger partial charge in [0.25, 0.3) is 0 Å². The molecule has 0 heterocycles. The van der Waals surface area contributed by atoms with Crippen LogP contribution in [0, 0.1) is 0 Å². The normalized spacial score (nSPS) is 16.2. The molecule has 0 aliphatic rings. The van der Waals surface area contributed by atoms with Crippen LogP contribution in [-0.2, 0) is 4.79 Å². The van der Waals surface area contributed by atoms with Gasteiger partial charge in [-0.25, -0.2) is 4.79 Å². The number of nitrogens with two attached hydrogens (primary N) is 1. The third kappa shape index (κ3) is 1.95. The zero-order valence-electron chi connectivity index (χ0n) is 8.75. The van der Waals surface area contributed by atoms with E-state index in [-0.39, 0.29) is 5.56 Å². The molecule has 0 aliphatic heterocycles. The van der Waals surface area contributed by atoms with Crippen molar-refractivity contribution in [3.8, 4) is 0 Å². The lowest BCUT2D eigenvalue weighted by atomic mass is 9.86. The van der Waals surface area contributed by atoms with E-state index >= 15 is 0 Å². The van der Waals surface area contributed by atoms with Crippen molar-refractivity contribution >= 4 is 11.8 Å². The van der Waals surface area contributed by atoms with Crippen LogP contribution in [0.25, 0.3) is 0 Å². The molecule has 0 fully saturated rings. The number of benzene rings is 1. The molecular weight excluding hydrogens is 210 g/mol. The SMILES string of the molecule is CC(O)C(N)(C(=O)O)C(=O)c1ccccc1. The van der Waals surface area contributed by atoms with Crippen molar-refractivity contribution in [2.45, 2.75) is 18.6 Å². The minimum atomic E-state index is -2.30. The zero-order valence-corrected chi connectivity index (χ0v) is 8.75.